The van der Waals surface area contributed by atoms with Crippen LogP contribution in [0.3, 0.4) is 0 Å². The van der Waals surface area contributed by atoms with Crippen LogP contribution in [0.25, 0.3) is 0 Å². The van der Waals surface area contributed by atoms with Crippen LogP contribution in [0.5, 0.6) is 0 Å². The van der Waals surface area contributed by atoms with E-state index in [1.54, 1.807) is 6.92 Å². The van der Waals surface area contributed by atoms with Crippen molar-refractivity contribution in [2.24, 2.45) is 11.3 Å². The number of carbonyl (C=O) groups is 2. The lowest BCUT2D eigenvalue weighted by Crippen LogP contribution is -2.28. The highest BCUT2D eigenvalue weighted by molar-refractivity contribution is 5.77. The second-order valence-corrected chi connectivity index (χ2v) is 5.98. The van der Waals surface area contributed by atoms with E-state index in [0.717, 1.165) is 6.42 Å². The molecule has 0 aliphatic rings. The van der Waals surface area contributed by atoms with Crippen molar-refractivity contribution in [1.29, 1.82) is 0 Å². The minimum atomic E-state index is -0.263. The zero-order chi connectivity index (χ0) is 14.2. The Bertz CT molecular complexity index is 269. The Morgan fingerprint density at radius 3 is 2.39 bits per heavy atom. The first-order valence-corrected chi connectivity index (χ1v) is 6.67. The Balaban J connectivity index is 3.74. The fourth-order valence-corrected chi connectivity index (χ4v) is 2.04. The Hall–Kier alpha value is -1.06. The van der Waals surface area contributed by atoms with Crippen molar-refractivity contribution in [2.45, 2.75) is 53.9 Å². The van der Waals surface area contributed by atoms with E-state index in [2.05, 4.69) is 33.0 Å². The molecule has 0 heterocycles. The molecule has 0 radical (unpaired) electrons. The lowest BCUT2D eigenvalue weighted by atomic mass is 9.84. The van der Waals surface area contributed by atoms with Gasteiger partial charge in [-0.25, -0.2) is 0 Å². The Morgan fingerprint density at radius 1 is 1.28 bits per heavy atom. The predicted molar refractivity (Wildman–Crippen MR) is 72.1 cm³/mol. The van der Waals surface area contributed by atoms with E-state index in [-0.39, 0.29) is 23.7 Å². The van der Waals surface area contributed by atoms with Gasteiger partial charge in [-0.15, -0.1) is 0 Å². The predicted octanol–water partition coefficient (Wildman–Crippen LogP) is 2.52. The van der Waals surface area contributed by atoms with Crippen LogP contribution in [0.4, 0.5) is 0 Å². The minimum Gasteiger partial charge on any atom is -0.466 e. The van der Waals surface area contributed by atoms with Crippen LogP contribution >= 0.6 is 0 Å². The number of carbonyl (C=O) groups excluding carboxylic acids is 2. The number of rotatable bonds is 7. The van der Waals surface area contributed by atoms with Crippen LogP contribution in [0.1, 0.15) is 53.9 Å². The van der Waals surface area contributed by atoms with E-state index in [0.29, 0.717) is 25.5 Å². The average Bonchev–Trinajstić information content (AvgIpc) is 2.14. The summed E-state index contributed by atoms with van der Waals surface area (Å²) in [6, 6.07) is 0. The first kappa shape index (κ1) is 16.9. The normalized spacial score (nSPS) is 12.9. The van der Waals surface area contributed by atoms with Crippen LogP contribution < -0.4 is 5.32 Å². The van der Waals surface area contributed by atoms with Gasteiger partial charge in [0.2, 0.25) is 5.91 Å². The fraction of sp³-hybridized carbons (Fsp3) is 0.857. The quantitative estimate of drug-likeness (QED) is 0.713. The van der Waals surface area contributed by atoms with Gasteiger partial charge in [0.05, 0.1) is 13.0 Å². The monoisotopic (exact) mass is 257 g/mol. The number of nitrogens with one attached hydrogen (secondary N) is 1. The smallest absolute Gasteiger partial charge is 0.307 e. The van der Waals surface area contributed by atoms with Crippen molar-refractivity contribution in [3.05, 3.63) is 0 Å². The molecule has 0 aliphatic carbocycles. The van der Waals surface area contributed by atoms with Crippen molar-refractivity contribution >= 4 is 11.9 Å². The van der Waals surface area contributed by atoms with E-state index in [9.17, 15) is 9.59 Å². The molecule has 0 bridgehead atoms. The van der Waals surface area contributed by atoms with Crippen molar-refractivity contribution in [3.63, 3.8) is 0 Å². The van der Waals surface area contributed by atoms with E-state index < -0.39 is 0 Å². The summed E-state index contributed by atoms with van der Waals surface area (Å²) in [6.07, 6.45) is 1.77. The SMILES string of the molecule is CCOC(=O)CCNC(=O)CC(C)CC(C)(C)C. The second kappa shape index (κ2) is 8.11. The van der Waals surface area contributed by atoms with Crippen LogP contribution in [0.15, 0.2) is 0 Å². The Labute approximate surface area is 110 Å². The molecule has 0 aliphatic heterocycles. The summed E-state index contributed by atoms with van der Waals surface area (Å²) >= 11 is 0. The number of esters is 1. The molecule has 1 N–H and O–H groups in total. The molecule has 0 aromatic carbocycles. The van der Waals surface area contributed by atoms with Crippen molar-refractivity contribution < 1.29 is 14.3 Å². The first-order valence-electron chi connectivity index (χ1n) is 6.67. The molecule has 0 spiro atoms. The topological polar surface area (TPSA) is 55.4 Å². The van der Waals surface area contributed by atoms with Gasteiger partial charge in [0.1, 0.15) is 0 Å². The summed E-state index contributed by atoms with van der Waals surface area (Å²) < 4.78 is 4.78. The molecule has 4 nitrogen and oxygen atoms in total. The van der Waals surface area contributed by atoms with Crippen LogP contribution in [-0.4, -0.2) is 25.0 Å². The zero-order valence-corrected chi connectivity index (χ0v) is 12.3. The molecule has 18 heavy (non-hydrogen) atoms. The number of hydrogen-bond acceptors (Lipinski definition) is 3. The average molecular weight is 257 g/mol. The molecule has 0 fully saturated rings. The lowest BCUT2D eigenvalue weighted by Gasteiger charge is -2.22. The maximum absolute atomic E-state index is 11.6. The molecule has 0 aromatic rings. The molecule has 0 saturated heterocycles. The van der Waals surface area contributed by atoms with Gasteiger partial charge in [0.25, 0.3) is 0 Å². The Kier molecular flexibility index (Phi) is 7.64. The molecular weight excluding hydrogens is 230 g/mol. The molecule has 1 amide bonds. The summed E-state index contributed by atoms with van der Waals surface area (Å²) in [5.74, 6) is 0.101. The standard InChI is InChI=1S/C14H27NO3/c1-6-18-13(17)7-8-15-12(16)9-11(2)10-14(3,4)5/h11H,6-10H2,1-5H3,(H,15,16). The third-order valence-electron chi connectivity index (χ3n) is 2.45. The largest absolute Gasteiger partial charge is 0.466 e. The van der Waals surface area contributed by atoms with Gasteiger partial charge in [0, 0.05) is 13.0 Å². The summed E-state index contributed by atoms with van der Waals surface area (Å²) in [6.45, 7) is 11.1. The highest BCUT2D eigenvalue weighted by Gasteiger charge is 2.17. The van der Waals surface area contributed by atoms with Crippen molar-refractivity contribution in [1.82, 2.24) is 5.32 Å². The summed E-state index contributed by atoms with van der Waals surface area (Å²) in [5, 5.41) is 2.75. The van der Waals surface area contributed by atoms with Gasteiger partial charge in [-0.1, -0.05) is 27.7 Å². The van der Waals surface area contributed by atoms with Crippen LogP contribution in [0.2, 0.25) is 0 Å². The first-order chi connectivity index (χ1) is 8.24. The minimum absolute atomic E-state index is 0.0102. The van der Waals surface area contributed by atoms with Crippen molar-refractivity contribution in [2.75, 3.05) is 13.2 Å². The maximum Gasteiger partial charge on any atom is 0.307 e. The fourth-order valence-electron chi connectivity index (χ4n) is 2.04. The maximum atomic E-state index is 11.6. The third kappa shape index (κ3) is 10.1. The van der Waals surface area contributed by atoms with Crippen LogP contribution in [-0.2, 0) is 14.3 Å². The van der Waals surface area contributed by atoms with E-state index >= 15 is 0 Å². The number of amides is 1. The van der Waals surface area contributed by atoms with Crippen LogP contribution in [0, 0.1) is 11.3 Å². The van der Waals surface area contributed by atoms with E-state index in [4.69, 9.17) is 4.74 Å². The highest BCUT2D eigenvalue weighted by Crippen LogP contribution is 2.25. The van der Waals surface area contributed by atoms with Gasteiger partial charge >= 0.3 is 5.97 Å². The van der Waals surface area contributed by atoms with Gasteiger partial charge in [0.15, 0.2) is 0 Å². The molecule has 0 aromatic heterocycles. The summed E-state index contributed by atoms with van der Waals surface area (Å²) in [7, 11) is 0. The van der Waals surface area contributed by atoms with Gasteiger partial charge in [-0.3, -0.25) is 9.59 Å². The molecule has 4 heteroatoms. The molecule has 0 rings (SSSR count). The van der Waals surface area contributed by atoms with E-state index in [1.165, 1.54) is 0 Å². The lowest BCUT2D eigenvalue weighted by molar-refractivity contribution is -0.143. The summed E-state index contributed by atoms with van der Waals surface area (Å²) in [5.41, 5.74) is 0.241. The van der Waals surface area contributed by atoms with E-state index in [1.807, 2.05) is 0 Å². The number of ether oxygens (including phenoxy) is 1. The number of hydrogen-bond donors (Lipinski definition) is 1. The molecule has 1 atom stereocenters. The summed E-state index contributed by atoms with van der Waals surface area (Å²) in [4.78, 5) is 22.7. The van der Waals surface area contributed by atoms with Gasteiger partial charge in [-0.2, -0.15) is 0 Å². The third-order valence-corrected chi connectivity index (χ3v) is 2.45. The highest BCUT2D eigenvalue weighted by atomic mass is 16.5. The zero-order valence-electron chi connectivity index (χ0n) is 12.3. The molecule has 0 saturated carbocycles. The molecular formula is C14H27NO3. The van der Waals surface area contributed by atoms with Gasteiger partial charge < -0.3 is 10.1 Å². The molecule has 106 valence electrons. The van der Waals surface area contributed by atoms with Crippen molar-refractivity contribution in [3.8, 4) is 0 Å². The Morgan fingerprint density at radius 2 is 1.89 bits per heavy atom. The second-order valence-electron chi connectivity index (χ2n) is 5.98. The molecule has 1 unspecified atom stereocenters. The van der Waals surface area contributed by atoms with Gasteiger partial charge in [-0.05, 0) is 24.7 Å².